The molecule has 0 aromatic heterocycles. The summed E-state index contributed by atoms with van der Waals surface area (Å²) in [6.07, 6.45) is 0.908. The van der Waals surface area contributed by atoms with Crippen molar-refractivity contribution in [2.24, 2.45) is 0 Å². The van der Waals surface area contributed by atoms with Crippen molar-refractivity contribution in [3.05, 3.63) is 35.1 Å². The summed E-state index contributed by atoms with van der Waals surface area (Å²) in [5, 5.41) is 13.1. The van der Waals surface area contributed by atoms with Crippen LogP contribution >= 0.6 is 0 Å². The topological polar surface area (TPSA) is 34.3 Å². The van der Waals surface area contributed by atoms with E-state index in [9.17, 15) is 0 Å². The molecule has 0 aliphatic heterocycles. The van der Waals surface area contributed by atoms with Crippen LogP contribution in [0.3, 0.4) is 0 Å². The fourth-order valence-corrected chi connectivity index (χ4v) is 0.953. The van der Waals surface area contributed by atoms with Gasteiger partial charge in [-0.1, -0.05) is 12.1 Å². The first-order valence-corrected chi connectivity index (χ1v) is 3.66. The van der Waals surface area contributed by atoms with Crippen molar-refractivity contribution in [1.29, 1.82) is 0 Å². The number of benzene rings is 1. The van der Waals surface area contributed by atoms with Crippen molar-refractivity contribution in [3.63, 3.8) is 0 Å². The van der Waals surface area contributed by atoms with Crippen LogP contribution in [-0.2, 0) is 27.5 Å². The Balaban J connectivity index is 0.00000121. The van der Waals surface area contributed by atoms with Crippen LogP contribution in [0.4, 0.5) is 0 Å². The van der Waals surface area contributed by atoms with Gasteiger partial charge in [0.05, 0.1) is 0 Å². The van der Waals surface area contributed by atoms with E-state index in [-0.39, 0.29) is 21.1 Å². The molecule has 0 amide bonds. The number of phenolic OH excluding ortho intramolecular Hbond substituents is 1. The van der Waals surface area contributed by atoms with Gasteiger partial charge in [0.15, 0.2) is 0 Å². The largest absolute Gasteiger partial charge is 0.665 e. The van der Waals surface area contributed by atoms with E-state index in [4.69, 9.17) is 5.11 Å². The van der Waals surface area contributed by atoms with Gasteiger partial charge in [-0.25, -0.2) is 0 Å². The minimum Gasteiger partial charge on any atom is -0.665 e. The van der Waals surface area contributed by atoms with Gasteiger partial charge in [-0.3, -0.25) is 0 Å². The van der Waals surface area contributed by atoms with Crippen molar-refractivity contribution in [1.82, 2.24) is 0 Å². The Morgan fingerprint density at radius 1 is 1.42 bits per heavy atom. The summed E-state index contributed by atoms with van der Waals surface area (Å²) in [6.45, 7) is 0.823. The van der Waals surface area contributed by atoms with Crippen LogP contribution in [0.2, 0.25) is 0 Å². The fourth-order valence-electron chi connectivity index (χ4n) is 0.953. The van der Waals surface area contributed by atoms with Gasteiger partial charge in [0.2, 0.25) is 0 Å². The second-order valence-electron chi connectivity index (χ2n) is 2.46. The molecule has 0 saturated heterocycles. The molecule has 0 aliphatic carbocycles. The smallest absolute Gasteiger partial charge is 0.115 e. The zero-order valence-electron chi connectivity index (χ0n) is 7.03. The first kappa shape index (κ1) is 11.7. The van der Waals surface area contributed by atoms with E-state index in [1.54, 1.807) is 19.2 Å². The van der Waals surface area contributed by atoms with E-state index in [1.807, 2.05) is 12.1 Å². The van der Waals surface area contributed by atoms with Gasteiger partial charge in [0.25, 0.3) is 0 Å². The van der Waals surface area contributed by atoms with Crippen LogP contribution in [0.25, 0.3) is 5.32 Å². The third kappa shape index (κ3) is 3.89. The quantitative estimate of drug-likeness (QED) is 0.901. The number of phenols is 1. The second-order valence-corrected chi connectivity index (χ2v) is 2.46. The molecule has 0 atom stereocenters. The van der Waals surface area contributed by atoms with E-state index in [0.29, 0.717) is 5.75 Å². The molecule has 0 heterocycles. The van der Waals surface area contributed by atoms with Gasteiger partial charge in [-0.15, -0.1) is 6.54 Å². The number of rotatable bonds is 3. The van der Waals surface area contributed by atoms with Crippen LogP contribution in [0.5, 0.6) is 5.75 Å². The SMILES string of the molecule is C[N-]CCc1cccc(O)c1.[W]. The van der Waals surface area contributed by atoms with E-state index in [2.05, 4.69) is 5.32 Å². The van der Waals surface area contributed by atoms with Gasteiger partial charge >= 0.3 is 0 Å². The summed E-state index contributed by atoms with van der Waals surface area (Å²) < 4.78 is 0. The Hall–Kier alpha value is -0.332. The standard InChI is InChI=1S/C9H12NO.W/c1-10-6-5-8-3-2-4-9(11)7-8;/h2-4,7,11H,5-6H2,1H3;/q-1;. The molecule has 1 N–H and O–H groups in total. The molecule has 0 bridgehead atoms. The minimum absolute atomic E-state index is 0. The summed E-state index contributed by atoms with van der Waals surface area (Å²) >= 11 is 0. The number of aromatic hydroxyl groups is 1. The Labute approximate surface area is 87.3 Å². The summed E-state index contributed by atoms with van der Waals surface area (Å²) in [7, 11) is 1.79. The van der Waals surface area contributed by atoms with Crippen LogP contribution in [0.1, 0.15) is 5.56 Å². The third-order valence-corrected chi connectivity index (χ3v) is 1.53. The Kier molecular flexibility index (Phi) is 6.04. The minimum atomic E-state index is 0. The number of nitrogens with zero attached hydrogens (tertiary/aromatic N) is 1. The van der Waals surface area contributed by atoms with Crippen molar-refractivity contribution < 1.29 is 26.2 Å². The van der Waals surface area contributed by atoms with E-state index >= 15 is 0 Å². The first-order chi connectivity index (χ1) is 5.33. The molecule has 2 nitrogen and oxygen atoms in total. The molecule has 0 fully saturated rings. The average molecular weight is 334 g/mol. The van der Waals surface area contributed by atoms with Crippen LogP contribution in [-0.4, -0.2) is 18.7 Å². The maximum absolute atomic E-state index is 9.08. The number of likely N-dealkylation sites (N-methyl/N-ethyl adjacent to an activating group) is 1. The van der Waals surface area contributed by atoms with E-state index in [1.165, 1.54) is 0 Å². The number of hydrogen-bond donors (Lipinski definition) is 1. The molecule has 66 valence electrons. The zero-order valence-corrected chi connectivity index (χ0v) is 9.96. The molecular weight excluding hydrogens is 322 g/mol. The van der Waals surface area contributed by atoms with Crippen LogP contribution in [0, 0.1) is 0 Å². The van der Waals surface area contributed by atoms with Crippen LogP contribution < -0.4 is 0 Å². The molecule has 0 aliphatic rings. The Morgan fingerprint density at radius 2 is 2.17 bits per heavy atom. The number of hydrogen-bond acceptors (Lipinski definition) is 1. The predicted molar refractivity (Wildman–Crippen MR) is 46.0 cm³/mol. The molecule has 12 heavy (non-hydrogen) atoms. The van der Waals surface area contributed by atoms with E-state index < -0.39 is 0 Å². The van der Waals surface area contributed by atoms with Gasteiger partial charge in [-0.2, -0.15) is 7.05 Å². The van der Waals surface area contributed by atoms with Crippen molar-refractivity contribution in [2.45, 2.75) is 6.42 Å². The zero-order chi connectivity index (χ0) is 8.10. The molecule has 3 heteroatoms. The Morgan fingerprint density at radius 3 is 2.75 bits per heavy atom. The molecule has 0 radical (unpaired) electrons. The molecule has 0 saturated carbocycles. The maximum atomic E-state index is 9.08. The van der Waals surface area contributed by atoms with Gasteiger partial charge in [0, 0.05) is 21.1 Å². The summed E-state index contributed by atoms with van der Waals surface area (Å²) in [5.41, 5.74) is 1.13. The van der Waals surface area contributed by atoms with Crippen molar-refractivity contribution in [2.75, 3.05) is 13.6 Å². The Bertz CT molecular complexity index is 228. The van der Waals surface area contributed by atoms with Gasteiger partial charge in [-0.05, 0) is 24.1 Å². The predicted octanol–water partition coefficient (Wildman–Crippen LogP) is 1.94. The van der Waals surface area contributed by atoms with E-state index in [0.717, 1.165) is 18.5 Å². The first-order valence-electron chi connectivity index (χ1n) is 3.66. The molecule has 1 aromatic carbocycles. The fraction of sp³-hybridized carbons (Fsp3) is 0.333. The monoisotopic (exact) mass is 334 g/mol. The van der Waals surface area contributed by atoms with Crippen molar-refractivity contribution in [3.8, 4) is 5.75 Å². The summed E-state index contributed by atoms with van der Waals surface area (Å²) in [6, 6.07) is 7.28. The van der Waals surface area contributed by atoms with Crippen LogP contribution in [0.15, 0.2) is 24.3 Å². The second kappa shape index (κ2) is 6.21. The molecule has 1 rings (SSSR count). The molecule has 1 aromatic rings. The summed E-state index contributed by atoms with van der Waals surface area (Å²) in [4.78, 5) is 0. The van der Waals surface area contributed by atoms with Gasteiger partial charge < -0.3 is 10.4 Å². The molecule has 0 spiro atoms. The normalized spacial score (nSPS) is 9.08. The molecule has 0 unspecified atom stereocenters. The van der Waals surface area contributed by atoms with Crippen molar-refractivity contribution >= 4 is 0 Å². The van der Waals surface area contributed by atoms with Gasteiger partial charge in [0.1, 0.15) is 5.75 Å². The molecular formula is C9H12NOW-. The average Bonchev–Trinajstić information content (AvgIpc) is 2.01. The third-order valence-electron chi connectivity index (χ3n) is 1.53. The summed E-state index contributed by atoms with van der Waals surface area (Å²) in [5.74, 6) is 0.332. The maximum Gasteiger partial charge on any atom is 0.115 e.